The number of aromatic nitrogens is 2. The zero-order valence-electron chi connectivity index (χ0n) is 13.5. The average Bonchev–Trinajstić information content (AvgIpc) is 2.96. The molecule has 1 atom stereocenters. The highest BCUT2D eigenvalue weighted by atomic mass is 32.1. The standard InChI is InChI=1S/C15H19N5O2S/c1-9-5-7-11(8-6-9)13-18-19-14(23-13)17-12(21)10(2)16-15(22)20(3)4/h5-8,10H,1-4H3,(H,16,22)(H,17,19,21)/t10-/m0/s1. The van der Waals surface area contributed by atoms with Crippen molar-refractivity contribution in [1.29, 1.82) is 0 Å². The highest BCUT2D eigenvalue weighted by Crippen LogP contribution is 2.26. The van der Waals surface area contributed by atoms with E-state index in [2.05, 4.69) is 20.8 Å². The summed E-state index contributed by atoms with van der Waals surface area (Å²) in [5.41, 5.74) is 2.11. The SMILES string of the molecule is Cc1ccc(-c2nnc(NC(=O)[C@H](C)NC(=O)N(C)C)s2)cc1. The fourth-order valence-electron chi connectivity index (χ4n) is 1.68. The molecule has 1 aromatic heterocycles. The molecule has 23 heavy (non-hydrogen) atoms. The monoisotopic (exact) mass is 333 g/mol. The van der Waals surface area contributed by atoms with E-state index in [4.69, 9.17) is 0 Å². The predicted molar refractivity (Wildman–Crippen MR) is 90.4 cm³/mol. The van der Waals surface area contributed by atoms with Gasteiger partial charge in [-0.2, -0.15) is 0 Å². The van der Waals surface area contributed by atoms with Gasteiger partial charge in [-0.05, 0) is 13.8 Å². The van der Waals surface area contributed by atoms with Crippen molar-refractivity contribution in [2.75, 3.05) is 19.4 Å². The van der Waals surface area contributed by atoms with Gasteiger partial charge in [0.1, 0.15) is 11.0 Å². The van der Waals surface area contributed by atoms with Crippen molar-refractivity contribution < 1.29 is 9.59 Å². The van der Waals surface area contributed by atoms with Crippen LogP contribution >= 0.6 is 11.3 Å². The van der Waals surface area contributed by atoms with Gasteiger partial charge in [0.15, 0.2) is 0 Å². The molecule has 0 aliphatic heterocycles. The van der Waals surface area contributed by atoms with Gasteiger partial charge >= 0.3 is 6.03 Å². The minimum absolute atomic E-state index is 0.328. The number of nitrogens with zero attached hydrogens (tertiary/aromatic N) is 3. The van der Waals surface area contributed by atoms with Crippen molar-refractivity contribution in [3.8, 4) is 10.6 Å². The Bertz CT molecular complexity index is 696. The van der Waals surface area contributed by atoms with Gasteiger partial charge < -0.3 is 10.2 Å². The first-order chi connectivity index (χ1) is 10.9. The lowest BCUT2D eigenvalue weighted by Gasteiger charge is -2.16. The first kappa shape index (κ1) is 16.9. The third-order valence-corrected chi connectivity index (χ3v) is 3.98. The van der Waals surface area contributed by atoms with E-state index in [1.54, 1.807) is 21.0 Å². The molecule has 0 fully saturated rings. The van der Waals surface area contributed by atoms with E-state index in [-0.39, 0.29) is 11.9 Å². The zero-order chi connectivity index (χ0) is 17.0. The van der Waals surface area contributed by atoms with Crippen LogP contribution in [0.25, 0.3) is 10.6 Å². The number of anilines is 1. The summed E-state index contributed by atoms with van der Waals surface area (Å²) >= 11 is 1.29. The maximum Gasteiger partial charge on any atom is 0.317 e. The van der Waals surface area contributed by atoms with Crippen molar-refractivity contribution in [1.82, 2.24) is 20.4 Å². The Kier molecular flexibility index (Phi) is 5.28. The third kappa shape index (κ3) is 4.49. The Labute approximate surface area is 138 Å². The van der Waals surface area contributed by atoms with Crippen LogP contribution in [-0.2, 0) is 4.79 Å². The van der Waals surface area contributed by atoms with Crippen molar-refractivity contribution in [3.63, 3.8) is 0 Å². The summed E-state index contributed by atoms with van der Waals surface area (Å²) in [7, 11) is 3.22. The number of hydrogen-bond donors (Lipinski definition) is 2. The van der Waals surface area contributed by atoms with Gasteiger partial charge in [0, 0.05) is 19.7 Å². The third-order valence-electron chi connectivity index (χ3n) is 3.09. The summed E-state index contributed by atoms with van der Waals surface area (Å²) in [4.78, 5) is 25.0. The molecule has 0 radical (unpaired) electrons. The first-order valence-electron chi connectivity index (χ1n) is 7.06. The number of aryl methyl sites for hydroxylation is 1. The number of benzene rings is 1. The molecule has 0 bridgehead atoms. The molecule has 2 aromatic rings. The predicted octanol–water partition coefficient (Wildman–Crippen LogP) is 2.11. The molecule has 2 N–H and O–H groups in total. The summed E-state index contributed by atoms with van der Waals surface area (Å²) < 4.78 is 0. The zero-order valence-corrected chi connectivity index (χ0v) is 14.3. The molecule has 8 heteroatoms. The quantitative estimate of drug-likeness (QED) is 0.897. The molecule has 0 spiro atoms. The van der Waals surface area contributed by atoms with Crippen LogP contribution in [0.1, 0.15) is 12.5 Å². The topological polar surface area (TPSA) is 87.2 Å². The van der Waals surface area contributed by atoms with Crippen LogP contribution in [0.3, 0.4) is 0 Å². The van der Waals surface area contributed by atoms with E-state index < -0.39 is 6.04 Å². The number of carbonyl (C=O) groups excluding carboxylic acids is 2. The number of nitrogens with one attached hydrogen (secondary N) is 2. The fourth-order valence-corrected chi connectivity index (χ4v) is 2.43. The second-order valence-corrected chi connectivity index (χ2v) is 6.31. The van der Waals surface area contributed by atoms with Gasteiger partial charge in [0.05, 0.1) is 0 Å². The molecule has 1 heterocycles. The van der Waals surface area contributed by atoms with Gasteiger partial charge in [0.2, 0.25) is 11.0 Å². The van der Waals surface area contributed by atoms with Crippen LogP contribution in [0.15, 0.2) is 24.3 Å². The second kappa shape index (κ2) is 7.19. The lowest BCUT2D eigenvalue weighted by atomic mass is 10.2. The molecular formula is C15H19N5O2S. The molecule has 1 aromatic carbocycles. The molecule has 7 nitrogen and oxygen atoms in total. The molecule has 0 saturated heterocycles. The Morgan fingerprint density at radius 1 is 1.17 bits per heavy atom. The van der Waals surface area contributed by atoms with E-state index >= 15 is 0 Å². The number of hydrogen-bond acceptors (Lipinski definition) is 5. The smallest absolute Gasteiger partial charge is 0.317 e. The molecule has 0 aliphatic rings. The lowest BCUT2D eigenvalue weighted by molar-refractivity contribution is -0.117. The van der Waals surface area contributed by atoms with Crippen molar-refractivity contribution in [2.45, 2.75) is 19.9 Å². The second-order valence-electron chi connectivity index (χ2n) is 5.33. The minimum Gasteiger partial charge on any atom is -0.331 e. The molecule has 0 saturated carbocycles. The molecule has 0 unspecified atom stereocenters. The summed E-state index contributed by atoms with van der Waals surface area (Å²) in [6.07, 6.45) is 0. The minimum atomic E-state index is -0.670. The van der Waals surface area contributed by atoms with E-state index in [0.29, 0.717) is 5.13 Å². The molecule has 0 aliphatic carbocycles. The lowest BCUT2D eigenvalue weighted by Crippen LogP contribution is -2.45. The Hall–Kier alpha value is -2.48. The molecule has 3 amide bonds. The number of amides is 3. The first-order valence-corrected chi connectivity index (χ1v) is 7.87. The summed E-state index contributed by atoms with van der Waals surface area (Å²) in [5, 5.41) is 14.4. The average molecular weight is 333 g/mol. The summed E-state index contributed by atoms with van der Waals surface area (Å²) in [6.45, 7) is 3.62. The molecule has 122 valence electrons. The van der Waals surface area contributed by atoms with Crippen molar-refractivity contribution in [2.24, 2.45) is 0 Å². The van der Waals surface area contributed by atoms with Crippen LogP contribution < -0.4 is 10.6 Å². The molecule has 2 rings (SSSR count). The fraction of sp³-hybridized carbons (Fsp3) is 0.333. The number of carbonyl (C=O) groups is 2. The van der Waals surface area contributed by atoms with E-state index in [0.717, 1.165) is 16.1 Å². The van der Waals surface area contributed by atoms with Crippen LogP contribution in [0, 0.1) is 6.92 Å². The maximum atomic E-state index is 12.1. The van der Waals surface area contributed by atoms with Crippen LogP contribution in [0.2, 0.25) is 0 Å². The Balaban J connectivity index is 1.99. The Morgan fingerprint density at radius 3 is 2.43 bits per heavy atom. The van der Waals surface area contributed by atoms with Crippen molar-refractivity contribution in [3.05, 3.63) is 29.8 Å². The van der Waals surface area contributed by atoms with E-state index in [9.17, 15) is 9.59 Å². The van der Waals surface area contributed by atoms with Gasteiger partial charge in [-0.1, -0.05) is 41.2 Å². The Morgan fingerprint density at radius 2 is 1.83 bits per heavy atom. The highest BCUT2D eigenvalue weighted by Gasteiger charge is 2.18. The van der Waals surface area contributed by atoms with Crippen LogP contribution in [0.5, 0.6) is 0 Å². The summed E-state index contributed by atoms with van der Waals surface area (Å²) in [5.74, 6) is -0.341. The molecular weight excluding hydrogens is 314 g/mol. The van der Waals surface area contributed by atoms with E-state index in [1.165, 1.54) is 16.2 Å². The highest BCUT2D eigenvalue weighted by molar-refractivity contribution is 7.18. The van der Waals surface area contributed by atoms with Crippen molar-refractivity contribution >= 4 is 28.4 Å². The van der Waals surface area contributed by atoms with Gasteiger partial charge in [-0.25, -0.2) is 4.79 Å². The van der Waals surface area contributed by atoms with Gasteiger partial charge in [0.25, 0.3) is 0 Å². The number of urea groups is 1. The largest absolute Gasteiger partial charge is 0.331 e. The summed E-state index contributed by atoms with van der Waals surface area (Å²) in [6, 6.07) is 6.91. The van der Waals surface area contributed by atoms with Gasteiger partial charge in [-0.15, -0.1) is 10.2 Å². The van der Waals surface area contributed by atoms with Gasteiger partial charge in [-0.3, -0.25) is 10.1 Å². The normalized spacial score (nSPS) is 11.7. The maximum absolute atomic E-state index is 12.1. The van der Waals surface area contributed by atoms with Crippen LogP contribution in [-0.4, -0.2) is 47.2 Å². The van der Waals surface area contributed by atoms with E-state index in [1.807, 2.05) is 31.2 Å². The van der Waals surface area contributed by atoms with Crippen LogP contribution in [0.4, 0.5) is 9.93 Å². The number of rotatable bonds is 4.